The number of Topliss-reactive ketones (excluding diaryl/α,β-unsaturated/α-hetero) is 3. The Morgan fingerprint density at radius 2 is 0.358 bits per heavy atom. The van der Waals surface area contributed by atoms with Gasteiger partial charge in [-0.1, -0.05) is 273 Å². The van der Waals surface area contributed by atoms with Crippen LogP contribution in [0.25, 0.3) is 0 Å². The van der Waals surface area contributed by atoms with E-state index in [9.17, 15) is 44.1 Å². The molecule has 0 spiro atoms. The molecule has 0 fully saturated rings. The zero-order valence-corrected chi connectivity index (χ0v) is 49.4. The van der Waals surface area contributed by atoms with Crippen LogP contribution in [0, 0.1) is 0 Å². The number of aliphatic carboxylic acids is 3. The van der Waals surface area contributed by atoms with Crippen molar-refractivity contribution in [2.75, 3.05) is 0 Å². The van der Waals surface area contributed by atoms with Crippen LogP contribution in [-0.2, 0) is 53.0 Å². The van der Waals surface area contributed by atoms with Crippen LogP contribution in [0.4, 0.5) is 0 Å². The van der Waals surface area contributed by atoms with Crippen LogP contribution in [0.5, 0.6) is 0 Å². The zero-order valence-electron chi connectivity index (χ0n) is 45.1. The summed E-state index contributed by atoms with van der Waals surface area (Å²) in [6, 6.07) is 97.0. The maximum Gasteiger partial charge on any atom is 3.00 e. The molecule has 0 aliphatic heterocycles. The fourth-order valence-corrected chi connectivity index (χ4v) is 14.1. The van der Waals surface area contributed by atoms with E-state index in [4.69, 9.17) is 4.79 Å². The number of rotatable bonds is 15. The second-order valence-corrected chi connectivity index (χ2v) is 23.4. The van der Waals surface area contributed by atoms with Gasteiger partial charge in [-0.25, -0.2) is 0 Å². The van der Waals surface area contributed by atoms with Crippen molar-refractivity contribution < 1.29 is 68.4 Å². The summed E-state index contributed by atoms with van der Waals surface area (Å²) in [5.41, 5.74) is 0. The molecule has 0 aliphatic rings. The van der Waals surface area contributed by atoms with E-state index in [0.717, 1.165) is 0 Å². The SMILES string of the molecule is C=O.CC(=O)CC(=O)[O-].CC(=O)CC(=O)[O-].CC(=O)CC(=O)[O-].[Rh+3].c1ccc(P(c2ccccc2)c2ccccc2)cc1.c1ccc(P(c2ccccc2)c2ccccc2)cc1.c1ccc(P(c2ccccc2)c2ccccc2)cc1. The van der Waals surface area contributed by atoms with Crippen LogP contribution in [0.3, 0.4) is 0 Å². The maximum atomic E-state index is 9.83. The molecule has 0 radical (unpaired) electrons. The molecule has 81 heavy (non-hydrogen) atoms. The second-order valence-electron chi connectivity index (χ2n) is 16.8. The monoisotopic (exact) mass is 1220 g/mol. The fourth-order valence-electron chi connectivity index (χ4n) is 7.15. The Morgan fingerprint density at radius 1 is 0.259 bits per heavy atom. The molecule has 0 heterocycles. The number of carboxylic acids is 3. The van der Waals surface area contributed by atoms with E-state index in [-0.39, 0.29) is 36.8 Å². The molecule has 9 rings (SSSR count). The summed E-state index contributed by atoms with van der Waals surface area (Å²) in [4.78, 5) is 65.9. The third-order valence-electron chi connectivity index (χ3n) is 10.3. The molecule has 0 aliphatic carbocycles. The van der Waals surface area contributed by atoms with Crippen LogP contribution in [0.1, 0.15) is 40.0 Å². The maximum absolute atomic E-state index is 9.83. The normalized spacial score (nSPS) is 9.60. The molecule has 10 nitrogen and oxygen atoms in total. The van der Waals surface area contributed by atoms with Crippen LogP contribution in [-0.4, -0.2) is 42.0 Å². The minimum atomic E-state index is -1.31. The van der Waals surface area contributed by atoms with E-state index in [1.165, 1.54) is 68.5 Å². The number of benzene rings is 9. The Hall–Kier alpha value is -8.02. The number of carbonyl (C=O) groups is 7. The number of hydrogen-bond acceptors (Lipinski definition) is 10. The minimum absolute atomic E-state index is 0. The van der Waals surface area contributed by atoms with Gasteiger partial charge < -0.3 is 34.5 Å². The molecule has 414 valence electrons. The van der Waals surface area contributed by atoms with Crippen molar-refractivity contribution in [3.63, 3.8) is 0 Å². The van der Waals surface area contributed by atoms with Gasteiger partial charge in [0.25, 0.3) is 0 Å². The topological polar surface area (TPSA) is 189 Å². The van der Waals surface area contributed by atoms with Gasteiger partial charge in [-0.05, 0) is 92.3 Å². The van der Waals surface area contributed by atoms with Gasteiger partial charge in [0, 0.05) is 37.2 Å². The molecule has 9 aromatic carbocycles. The van der Waals surface area contributed by atoms with Gasteiger partial charge in [0.15, 0.2) is 0 Å². The van der Waals surface area contributed by atoms with Crippen molar-refractivity contribution in [2.24, 2.45) is 0 Å². The zero-order chi connectivity index (χ0) is 58.3. The molecule has 0 bridgehead atoms. The first-order valence-corrected chi connectivity index (χ1v) is 29.0. The van der Waals surface area contributed by atoms with Gasteiger partial charge >= 0.3 is 19.5 Å². The number of carbonyl (C=O) groups excluding carboxylic acids is 7. The molecular weight excluding hydrogens is 1160 g/mol. The van der Waals surface area contributed by atoms with Gasteiger partial charge in [-0.15, -0.1) is 0 Å². The smallest absolute Gasteiger partial charge is 0.550 e. The van der Waals surface area contributed by atoms with Crippen molar-refractivity contribution in [1.82, 2.24) is 0 Å². The molecule has 0 saturated carbocycles. The van der Waals surface area contributed by atoms with Gasteiger partial charge in [0.2, 0.25) is 0 Å². The molecule has 14 heteroatoms. The van der Waals surface area contributed by atoms with Crippen molar-refractivity contribution in [3.8, 4) is 0 Å². The summed E-state index contributed by atoms with van der Waals surface area (Å²) in [5.74, 6) is -5.06. The van der Waals surface area contributed by atoms with Crippen molar-refractivity contribution in [2.45, 2.75) is 40.0 Å². The van der Waals surface area contributed by atoms with Crippen LogP contribution in [0.15, 0.2) is 273 Å². The number of ketones is 3. The Labute approximate surface area is 492 Å². The van der Waals surface area contributed by atoms with Gasteiger partial charge in [-0.3, -0.25) is 14.4 Å². The number of carboxylic acid groups (broad SMARTS) is 3. The Balaban J connectivity index is 0.000000348. The molecule has 0 atom stereocenters. The fraction of sp³-hybridized carbons (Fsp3) is 0.0896. The molecule has 0 unspecified atom stereocenters. The minimum Gasteiger partial charge on any atom is -0.550 e. The predicted octanol–water partition coefficient (Wildman–Crippen LogP) is 6.29. The van der Waals surface area contributed by atoms with Crippen molar-refractivity contribution in [1.29, 1.82) is 0 Å². The van der Waals surface area contributed by atoms with E-state index in [1.807, 2.05) is 6.79 Å². The largest absolute Gasteiger partial charge is 3.00 e. The summed E-state index contributed by atoms with van der Waals surface area (Å²) in [6.45, 7) is 5.61. The summed E-state index contributed by atoms with van der Waals surface area (Å²) in [6.07, 6.45) is -1.42. The van der Waals surface area contributed by atoms with E-state index in [2.05, 4.69) is 273 Å². The Morgan fingerprint density at radius 3 is 0.420 bits per heavy atom. The number of hydrogen-bond donors (Lipinski definition) is 0. The van der Waals surface area contributed by atoms with Gasteiger partial charge in [0.1, 0.15) is 24.1 Å². The van der Waals surface area contributed by atoms with Crippen molar-refractivity contribution in [3.05, 3.63) is 273 Å². The molecule has 0 saturated heterocycles. The Bertz CT molecular complexity index is 2510. The van der Waals surface area contributed by atoms with Gasteiger partial charge in [-0.2, -0.15) is 0 Å². The van der Waals surface area contributed by atoms with E-state index >= 15 is 0 Å². The van der Waals surface area contributed by atoms with Crippen molar-refractivity contribution >= 4 is 114 Å². The molecule has 9 aromatic rings. The van der Waals surface area contributed by atoms with Crippen LogP contribution >= 0.6 is 23.8 Å². The van der Waals surface area contributed by atoms with Gasteiger partial charge in [0.05, 0.1) is 0 Å². The average molecular weight is 1220 g/mol. The summed E-state index contributed by atoms with van der Waals surface area (Å²) in [7, 11) is -1.34. The van der Waals surface area contributed by atoms with E-state index in [1.54, 1.807) is 0 Å². The first-order valence-electron chi connectivity index (χ1n) is 25.0. The average Bonchev–Trinajstić information content (AvgIpc) is 3.50. The van der Waals surface area contributed by atoms with Crippen LogP contribution < -0.4 is 63.1 Å². The van der Waals surface area contributed by atoms with E-state index in [0.29, 0.717) is 0 Å². The molecule has 0 N–H and O–H groups in total. The predicted molar refractivity (Wildman–Crippen MR) is 323 cm³/mol. The third kappa shape index (κ3) is 28.1. The molecule has 0 amide bonds. The first-order chi connectivity index (χ1) is 38.7. The summed E-state index contributed by atoms with van der Waals surface area (Å²) >= 11 is 0. The first kappa shape index (κ1) is 69.1. The molecular formula is C67H62O10P3Rh. The summed E-state index contributed by atoms with van der Waals surface area (Å²) in [5, 5.41) is 41.0. The van der Waals surface area contributed by atoms with E-state index < -0.39 is 60.9 Å². The second kappa shape index (κ2) is 41.1. The van der Waals surface area contributed by atoms with Crippen LogP contribution in [0.2, 0.25) is 0 Å². The Kier molecular flexibility index (Phi) is 35.0. The third-order valence-corrected chi connectivity index (χ3v) is 17.6. The quantitative estimate of drug-likeness (QED) is 0.0641. The molecule has 0 aromatic heterocycles. The summed E-state index contributed by atoms with van der Waals surface area (Å²) < 4.78 is 0. The standard InChI is InChI=1S/3C18H15P.3C4H6O3.CH2O.Rh/c3*1-4-10-16(11-5-1)19(17-12-6-2-7-13-17)18-14-8-3-9-15-18;3*1-3(5)2-4(6)7;1-2;/h3*1-15H;3*2H2,1H3,(H,6,7);1H2;/q;;;;;;;+3/p-3.